The highest BCUT2D eigenvalue weighted by Gasteiger charge is 2.54. The average Bonchev–Trinajstić information content (AvgIpc) is 2.61. The van der Waals surface area contributed by atoms with Crippen molar-refractivity contribution in [3.63, 3.8) is 0 Å². The number of amides is 2. The maximum atomic E-state index is 12.4. The Hall–Kier alpha value is -1.71. The number of aliphatic carboxylic acids is 1. The zero-order chi connectivity index (χ0) is 18.8. The summed E-state index contributed by atoms with van der Waals surface area (Å²) in [5.74, 6) is -1.74. The molecule has 0 aliphatic carbocycles. The minimum Gasteiger partial charge on any atom is -0.477 e. The van der Waals surface area contributed by atoms with Gasteiger partial charge in [0.25, 0.3) is 5.91 Å². The van der Waals surface area contributed by atoms with Gasteiger partial charge in [0.1, 0.15) is 23.5 Å². The molecular weight excluding hydrogens is 489 g/mol. The minimum atomic E-state index is -1.17. The van der Waals surface area contributed by atoms with Gasteiger partial charge in [0, 0.05) is 19.1 Å². The summed E-state index contributed by atoms with van der Waals surface area (Å²) in [6.07, 6.45) is -0.337. The van der Waals surface area contributed by atoms with Gasteiger partial charge >= 0.3 is 5.97 Å². The maximum absolute atomic E-state index is 12.4. The summed E-state index contributed by atoms with van der Waals surface area (Å²) in [7, 11) is 0. The smallest absolute Gasteiger partial charge is 0.353 e. The first kappa shape index (κ1) is 19.1. The van der Waals surface area contributed by atoms with Gasteiger partial charge in [-0.3, -0.25) is 14.5 Å². The molecule has 2 aliphatic rings. The van der Waals surface area contributed by atoms with E-state index in [9.17, 15) is 19.5 Å². The largest absolute Gasteiger partial charge is 0.477 e. The number of nitriles is 1. The number of nitrogens with one attached hydrogen (secondary N) is 1. The van der Waals surface area contributed by atoms with Crippen molar-refractivity contribution in [2.75, 3.05) is 5.75 Å². The Labute approximate surface area is 171 Å². The first-order chi connectivity index (χ1) is 12.4. The highest BCUT2D eigenvalue weighted by atomic mass is 127. The van der Waals surface area contributed by atoms with Crippen LogP contribution in [0.15, 0.2) is 39.8 Å². The fourth-order valence-electron chi connectivity index (χ4n) is 2.63. The zero-order valence-corrected chi connectivity index (χ0v) is 16.9. The van der Waals surface area contributed by atoms with Crippen LogP contribution < -0.4 is 5.32 Å². The first-order valence-electron chi connectivity index (χ1n) is 7.44. The molecule has 0 radical (unpaired) electrons. The predicted molar refractivity (Wildman–Crippen MR) is 105 cm³/mol. The van der Waals surface area contributed by atoms with Crippen molar-refractivity contribution in [1.29, 1.82) is 5.26 Å². The van der Waals surface area contributed by atoms with Gasteiger partial charge in [0.05, 0.1) is 6.07 Å². The molecule has 134 valence electrons. The van der Waals surface area contributed by atoms with Crippen molar-refractivity contribution in [2.45, 2.75) is 22.7 Å². The molecule has 0 bridgehead atoms. The number of hydrogen-bond donors (Lipinski definition) is 2. The van der Waals surface area contributed by atoms with E-state index < -0.39 is 29.2 Å². The Balaban J connectivity index is 1.84. The quantitative estimate of drug-likeness (QED) is 0.469. The maximum Gasteiger partial charge on any atom is 0.353 e. The van der Waals surface area contributed by atoms with E-state index in [1.807, 2.05) is 24.3 Å². The lowest BCUT2D eigenvalue weighted by Gasteiger charge is -2.49. The number of β-lactam (4-membered cyclic amide) rings is 1. The SMILES string of the molecule is N#CCC(=O)N[C@@H]1C(=O)N2C(C(=O)O)=C(Sc3ccccc3I)CS[C@@H]12. The standard InChI is InChI=1S/C16H12IN3O4S2/c17-8-3-1-2-4-9(8)26-10-7-25-15-12(19-11(21)5-6-18)14(22)20(15)13(10)16(23)24/h1-4,12,15H,5,7H2,(H,19,21)(H,23,24)/t12-,15+/m1/s1. The van der Waals surface area contributed by atoms with Crippen LogP contribution in [0.3, 0.4) is 0 Å². The van der Waals surface area contributed by atoms with E-state index in [1.165, 1.54) is 28.4 Å². The Morgan fingerprint density at radius 2 is 2.19 bits per heavy atom. The molecule has 1 saturated heterocycles. The predicted octanol–water partition coefficient (Wildman–Crippen LogP) is 1.99. The Morgan fingerprint density at radius 1 is 1.46 bits per heavy atom. The number of carboxylic acids is 1. The number of benzene rings is 1. The summed E-state index contributed by atoms with van der Waals surface area (Å²) in [6, 6.07) is 8.54. The van der Waals surface area contributed by atoms with Gasteiger partial charge in [-0.25, -0.2) is 4.79 Å². The van der Waals surface area contributed by atoms with E-state index in [4.69, 9.17) is 5.26 Å². The van der Waals surface area contributed by atoms with Gasteiger partial charge in [-0.2, -0.15) is 5.26 Å². The van der Waals surface area contributed by atoms with Crippen LogP contribution in [-0.2, 0) is 14.4 Å². The van der Waals surface area contributed by atoms with Gasteiger partial charge in [-0.1, -0.05) is 23.9 Å². The number of carbonyl (C=O) groups is 3. The van der Waals surface area contributed by atoms with Crippen LogP contribution in [0.1, 0.15) is 6.42 Å². The number of nitrogens with zero attached hydrogens (tertiary/aromatic N) is 2. The molecule has 1 aromatic carbocycles. The molecule has 0 unspecified atom stereocenters. The number of rotatable bonds is 5. The van der Waals surface area contributed by atoms with E-state index in [-0.39, 0.29) is 12.1 Å². The summed E-state index contributed by atoms with van der Waals surface area (Å²) in [5, 5.41) is 20.2. The average molecular weight is 501 g/mol. The monoisotopic (exact) mass is 501 g/mol. The molecule has 2 atom stereocenters. The lowest BCUT2D eigenvalue weighted by Crippen LogP contribution is -2.70. The fraction of sp³-hybridized carbons (Fsp3) is 0.250. The van der Waals surface area contributed by atoms with Crippen molar-refractivity contribution in [1.82, 2.24) is 10.2 Å². The minimum absolute atomic E-state index is 0.0332. The molecule has 1 fully saturated rings. The second-order valence-electron chi connectivity index (χ2n) is 5.40. The van der Waals surface area contributed by atoms with Crippen molar-refractivity contribution < 1.29 is 19.5 Å². The normalized spacial score (nSPS) is 21.5. The summed E-state index contributed by atoms with van der Waals surface area (Å²) >= 11 is 4.92. The number of carbonyl (C=O) groups excluding carboxylic acids is 2. The number of carboxylic acid groups (broad SMARTS) is 1. The van der Waals surface area contributed by atoms with Crippen LogP contribution in [-0.4, -0.2) is 45.0 Å². The van der Waals surface area contributed by atoms with Crippen LogP contribution in [0.5, 0.6) is 0 Å². The Morgan fingerprint density at radius 3 is 2.85 bits per heavy atom. The summed E-state index contributed by atoms with van der Waals surface area (Å²) in [6.45, 7) is 0. The van der Waals surface area contributed by atoms with E-state index in [2.05, 4.69) is 27.9 Å². The van der Waals surface area contributed by atoms with Gasteiger partial charge in [-0.05, 0) is 34.7 Å². The third-order valence-corrected chi connectivity index (χ3v) is 7.69. The van der Waals surface area contributed by atoms with Crippen molar-refractivity contribution in [2.24, 2.45) is 0 Å². The Kier molecular flexibility index (Phi) is 5.79. The van der Waals surface area contributed by atoms with E-state index in [0.717, 1.165) is 8.47 Å². The van der Waals surface area contributed by atoms with Crippen molar-refractivity contribution in [3.05, 3.63) is 38.4 Å². The Bertz CT molecular complexity index is 867. The molecule has 2 aliphatic heterocycles. The number of fused-ring (bicyclic) bond motifs is 1. The van der Waals surface area contributed by atoms with E-state index in [0.29, 0.717) is 10.7 Å². The topological polar surface area (TPSA) is 111 Å². The molecule has 0 aromatic heterocycles. The molecule has 3 rings (SSSR count). The third kappa shape index (κ3) is 3.56. The summed E-state index contributed by atoms with van der Waals surface area (Å²) in [5.41, 5.74) is -0.0332. The van der Waals surface area contributed by atoms with Crippen LogP contribution in [0, 0.1) is 14.9 Å². The number of thioether (sulfide) groups is 2. The van der Waals surface area contributed by atoms with Crippen LogP contribution in [0.25, 0.3) is 0 Å². The van der Waals surface area contributed by atoms with E-state index in [1.54, 1.807) is 6.07 Å². The summed E-state index contributed by atoms with van der Waals surface area (Å²) in [4.78, 5) is 38.5. The van der Waals surface area contributed by atoms with Crippen molar-refractivity contribution >= 4 is 63.9 Å². The van der Waals surface area contributed by atoms with Crippen LogP contribution in [0.4, 0.5) is 0 Å². The lowest BCUT2D eigenvalue weighted by atomic mass is 10.0. The summed E-state index contributed by atoms with van der Waals surface area (Å²) < 4.78 is 0.996. The molecule has 0 spiro atoms. The zero-order valence-electron chi connectivity index (χ0n) is 13.1. The molecule has 2 N–H and O–H groups in total. The van der Waals surface area contributed by atoms with Crippen molar-refractivity contribution in [3.8, 4) is 6.07 Å². The highest BCUT2D eigenvalue weighted by molar-refractivity contribution is 14.1. The molecule has 26 heavy (non-hydrogen) atoms. The highest BCUT2D eigenvalue weighted by Crippen LogP contribution is 2.45. The van der Waals surface area contributed by atoms with Gasteiger partial charge < -0.3 is 10.4 Å². The first-order valence-corrected chi connectivity index (χ1v) is 10.4. The molecule has 7 nitrogen and oxygen atoms in total. The van der Waals surface area contributed by atoms with Crippen LogP contribution >= 0.6 is 46.1 Å². The fourth-order valence-corrected chi connectivity index (χ4v) is 5.84. The molecular formula is C16H12IN3O4S2. The van der Waals surface area contributed by atoms with E-state index >= 15 is 0 Å². The lowest BCUT2D eigenvalue weighted by molar-refractivity contribution is -0.150. The number of halogens is 1. The van der Waals surface area contributed by atoms with Gasteiger partial charge in [0.15, 0.2) is 0 Å². The third-order valence-electron chi connectivity index (χ3n) is 3.76. The second kappa shape index (κ2) is 7.89. The van der Waals surface area contributed by atoms with Gasteiger partial charge in [-0.15, -0.1) is 11.8 Å². The molecule has 10 heteroatoms. The molecule has 1 aromatic rings. The second-order valence-corrected chi connectivity index (χ2v) is 8.80. The molecule has 0 saturated carbocycles. The number of hydrogen-bond acceptors (Lipinski definition) is 6. The van der Waals surface area contributed by atoms with Crippen LogP contribution in [0.2, 0.25) is 0 Å². The molecule has 2 heterocycles. The molecule has 2 amide bonds. The van der Waals surface area contributed by atoms with Gasteiger partial charge in [0.2, 0.25) is 5.91 Å².